The molecule has 1 aromatic rings. The van der Waals surface area contributed by atoms with E-state index >= 15 is 0 Å². The van der Waals surface area contributed by atoms with Gasteiger partial charge in [0.25, 0.3) is 0 Å². The molecule has 1 unspecified atom stereocenters. The van der Waals surface area contributed by atoms with Crippen molar-refractivity contribution in [1.29, 1.82) is 0 Å². The molecule has 16 heavy (non-hydrogen) atoms. The fourth-order valence-electron chi connectivity index (χ4n) is 1.22. The molecule has 0 bridgehead atoms. The van der Waals surface area contributed by atoms with E-state index in [1.807, 2.05) is 26.1 Å². The number of nitrogens with one attached hydrogen (secondary N) is 2. The van der Waals surface area contributed by atoms with Gasteiger partial charge in [0.15, 0.2) is 0 Å². The summed E-state index contributed by atoms with van der Waals surface area (Å²) in [5.41, 5.74) is 0.971. The first-order valence-corrected chi connectivity index (χ1v) is 5.68. The molecule has 0 aliphatic heterocycles. The first-order chi connectivity index (χ1) is 7.61. The molecular formula is C12H17ClN2O. The van der Waals surface area contributed by atoms with Crippen molar-refractivity contribution in [2.24, 2.45) is 0 Å². The third kappa shape index (κ3) is 4.64. The van der Waals surface area contributed by atoms with Gasteiger partial charge in [-0.25, -0.2) is 0 Å². The Kier molecular flexibility index (Phi) is 5.29. The molecule has 0 saturated carbocycles. The van der Waals surface area contributed by atoms with Crippen LogP contribution in [0.1, 0.15) is 12.5 Å². The van der Waals surface area contributed by atoms with E-state index in [-0.39, 0.29) is 11.9 Å². The van der Waals surface area contributed by atoms with E-state index in [4.69, 9.17) is 11.6 Å². The van der Waals surface area contributed by atoms with Crippen LogP contribution in [-0.2, 0) is 11.2 Å². The molecule has 0 aromatic heterocycles. The Morgan fingerprint density at radius 1 is 1.38 bits per heavy atom. The Morgan fingerprint density at radius 3 is 2.56 bits per heavy atom. The number of benzene rings is 1. The quantitative estimate of drug-likeness (QED) is 0.821. The van der Waals surface area contributed by atoms with Crippen LogP contribution < -0.4 is 10.6 Å². The van der Waals surface area contributed by atoms with Gasteiger partial charge in [0.2, 0.25) is 5.91 Å². The highest BCUT2D eigenvalue weighted by atomic mass is 35.5. The molecule has 0 radical (unpaired) electrons. The van der Waals surface area contributed by atoms with Crippen LogP contribution in [0.4, 0.5) is 0 Å². The van der Waals surface area contributed by atoms with Gasteiger partial charge in [-0.3, -0.25) is 4.79 Å². The Labute approximate surface area is 101 Å². The maximum absolute atomic E-state index is 11.5. The van der Waals surface area contributed by atoms with E-state index in [9.17, 15) is 4.79 Å². The Balaban J connectivity index is 2.37. The van der Waals surface area contributed by atoms with Gasteiger partial charge >= 0.3 is 0 Å². The van der Waals surface area contributed by atoms with E-state index in [1.165, 1.54) is 0 Å². The summed E-state index contributed by atoms with van der Waals surface area (Å²) in [5, 5.41) is 6.61. The molecule has 0 fully saturated rings. The number of rotatable bonds is 5. The number of amides is 1. The highest BCUT2D eigenvalue weighted by Crippen LogP contribution is 2.09. The lowest BCUT2D eigenvalue weighted by atomic mass is 10.1. The topological polar surface area (TPSA) is 41.1 Å². The summed E-state index contributed by atoms with van der Waals surface area (Å²) >= 11 is 5.76. The molecule has 0 heterocycles. The fraction of sp³-hybridized carbons (Fsp3) is 0.417. The predicted octanol–water partition coefficient (Wildman–Crippen LogP) is 1.61. The molecular weight excluding hydrogens is 224 g/mol. The Hall–Kier alpha value is -1.06. The van der Waals surface area contributed by atoms with Crippen molar-refractivity contribution in [2.75, 3.05) is 13.6 Å². The maximum atomic E-state index is 11.5. The van der Waals surface area contributed by atoms with Crippen LogP contribution in [0.5, 0.6) is 0 Å². The molecule has 1 amide bonds. The van der Waals surface area contributed by atoms with Crippen molar-refractivity contribution in [2.45, 2.75) is 19.4 Å². The van der Waals surface area contributed by atoms with Gasteiger partial charge in [0, 0.05) is 17.6 Å². The molecule has 0 aliphatic carbocycles. The largest absolute Gasteiger partial charge is 0.354 e. The van der Waals surface area contributed by atoms with Crippen molar-refractivity contribution >= 4 is 17.5 Å². The normalized spacial score (nSPS) is 12.2. The third-order valence-corrected chi connectivity index (χ3v) is 2.63. The standard InChI is InChI=1S/C12H17ClN2O/c1-9(14-2)8-15-12(16)7-10-3-5-11(13)6-4-10/h3-6,9,14H,7-8H2,1-2H3,(H,15,16). The first kappa shape index (κ1) is 13.0. The highest BCUT2D eigenvalue weighted by molar-refractivity contribution is 6.30. The molecule has 0 aliphatic rings. The van der Waals surface area contributed by atoms with E-state index in [0.717, 1.165) is 5.56 Å². The summed E-state index contributed by atoms with van der Waals surface area (Å²) in [5.74, 6) is 0.0319. The van der Waals surface area contributed by atoms with Gasteiger partial charge in [-0.2, -0.15) is 0 Å². The molecule has 88 valence electrons. The van der Waals surface area contributed by atoms with Gasteiger partial charge in [-0.05, 0) is 31.7 Å². The molecule has 0 spiro atoms. The van der Waals surface area contributed by atoms with Crippen molar-refractivity contribution in [3.05, 3.63) is 34.9 Å². The molecule has 1 atom stereocenters. The second-order valence-corrected chi connectivity index (χ2v) is 4.23. The van der Waals surface area contributed by atoms with Crippen LogP contribution in [0, 0.1) is 0 Å². The predicted molar refractivity (Wildman–Crippen MR) is 66.7 cm³/mol. The number of hydrogen-bond acceptors (Lipinski definition) is 2. The molecule has 1 aromatic carbocycles. The SMILES string of the molecule is CNC(C)CNC(=O)Cc1ccc(Cl)cc1. The number of carbonyl (C=O) groups is 1. The second kappa shape index (κ2) is 6.51. The maximum Gasteiger partial charge on any atom is 0.224 e. The molecule has 0 saturated heterocycles. The summed E-state index contributed by atoms with van der Waals surface area (Å²) in [7, 11) is 1.87. The molecule has 2 N–H and O–H groups in total. The monoisotopic (exact) mass is 240 g/mol. The zero-order valence-electron chi connectivity index (χ0n) is 9.59. The van der Waals surface area contributed by atoms with E-state index in [0.29, 0.717) is 18.0 Å². The summed E-state index contributed by atoms with van der Waals surface area (Å²) in [6.07, 6.45) is 0.396. The Bertz CT molecular complexity index is 337. The van der Waals surface area contributed by atoms with E-state index in [2.05, 4.69) is 10.6 Å². The van der Waals surface area contributed by atoms with Crippen molar-refractivity contribution in [3.63, 3.8) is 0 Å². The third-order valence-electron chi connectivity index (χ3n) is 2.38. The van der Waals surface area contributed by atoms with Crippen molar-refractivity contribution in [3.8, 4) is 0 Å². The lowest BCUT2D eigenvalue weighted by Crippen LogP contribution is -2.37. The summed E-state index contributed by atoms with van der Waals surface area (Å²) in [6, 6.07) is 7.60. The van der Waals surface area contributed by atoms with Crippen LogP contribution >= 0.6 is 11.6 Å². The lowest BCUT2D eigenvalue weighted by Gasteiger charge is -2.11. The number of carbonyl (C=O) groups excluding carboxylic acids is 1. The summed E-state index contributed by atoms with van der Waals surface area (Å²) in [6.45, 7) is 2.66. The average molecular weight is 241 g/mol. The van der Waals surface area contributed by atoms with Gasteiger partial charge in [-0.1, -0.05) is 23.7 Å². The highest BCUT2D eigenvalue weighted by Gasteiger charge is 2.04. The van der Waals surface area contributed by atoms with Crippen molar-refractivity contribution in [1.82, 2.24) is 10.6 Å². The number of likely N-dealkylation sites (N-methyl/N-ethyl adjacent to an activating group) is 1. The fourth-order valence-corrected chi connectivity index (χ4v) is 1.35. The van der Waals surface area contributed by atoms with Crippen LogP contribution in [0.2, 0.25) is 5.02 Å². The number of halogens is 1. The van der Waals surface area contributed by atoms with Crippen molar-refractivity contribution < 1.29 is 4.79 Å². The molecule has 3 nitrogen and oxygen atoms in total. The zero-order valence-corrected chi connectivity index (χ0v) is 10.3. The summed E-state index contributed by atoms with van der Waals surface area (Å²) in [4.78, 5) is 11.5. The molecule has 4 heteroatoms. The summed E-state index contributed by atoms with van der Waals surface area (Å²) < 4.78 is 0. The Morgan fingerprint density at radius 2 is 2.00 bits per heavy atom. The smallest absolute Gasteiger partial charge is 0.224 e. The first-order valence-electron chi connectivity index (χ1n) is 5.30. The van der Waals surface area contributed by atoms with Crippen LogP contribution in [0.25, 0.3) is 0 Å². The van der Waals surface area contributed by atoms with E-state index in [1.54, 1.807) is 12.1 Å². The van der Waals surface area contributed by atoms with Crippen LogP contribution in [-0.4, -0.2) is 25.5 Å². The van der Waals surface area contributed by atoms with Crippen LogP contribution in [0.15, 0.2) is 24.3 Å². The average Bonchev–Trinajstić information content (AvgIpc) is 2.29. The minimum absolute atomic E-state index is 0.0319. The van der Waals surface area contributed by atoms with E-state index < -0.39 is 0 Å². The number of hydrogen-bond donors (Lipinski definition) is 2. The molecule has 1 rings (SSSR count). The minimum atomic E-state index is 0.0319. The van der Waals surface area contributed by atoms with Gasteiger partial charge in [-0.15, -0.1) is 0 Å². The van der Waals surface area contributed by atoms with Gasteiger partial charge < -0.3 is 10.6 Å². The minimum Gasteiger partial charge on any atom is -0.354 e. The second-order valence-electron chi connectivity index (χ2n) is 3.80. The van der Waals surface area contributed by atoms with Gasteiger partial charge in [0.1, 0.15) is 0 Å². The lowest BCUT2D eigenvalue weighted by molar-refractivity contribution is -0.120. The van der Waals surface area contributed by atoms with Gasteiger partial charge in [0.05, 0.1) is 6.42 Å². The van der Waals surface area contributed by atoms with Crippen LogP contribution in [0.3, 0.4) is 0 Å². The zero-order chi connectivity index (χ0) is 12.0.